The van der Waals surface area contributed by atoms with Crippen LogP contribution in [0, 0.1) is 31.5 Å². The third-order valence-corrected chi connectivity index (χ3v) is 8.56. The highest BCUT2D eigenvalue weighted by Crippen LogP contribution is 2.48. The molecule has 3 aromatic heterocycles. The second kappa shape index (κ2) is 9.46. The predicted octanol–water partition coefficient (Wildman–Crippen LogP) is 4.76. The first-order valence-electron chi connectivity index (χ1n) is 12.9. The summed E-state index contributed by atoms with van der Waals surface area (Å²) in [5, 5.41) is 0.642. The van der Waals surface area contributed by atoms with E-state index in [1.165, 1.54) is 23.5 Å². The second-order valence-corrected chi connectivity index (χ2v) is 11.9. The van der Waals surface area contributed by atoms with E-state index in [9.17, 15) is 9.18 Å². The number of pyridine rings is 1. The van der Waals surface area contributed by atoms with Gasteiger partial charge in [0.25, 0.3) is 5.91 Å². The zero-order chi connectivity index (χ0) is 27.5. The number of likely N-dealkylation sites (tertiary alicyclic amines) is 1. The van der Waals surface area contributed by atoms with E-state index in [2.05, 4.69) is 15.0 Å². The van der Waals surface area contributed by atoms with E-state index in [0.29, 0.717) is 46.1 Å². The van der Waals surface area contributed by atoms with Crippen LogP contribution in [-0.2, 0) is 5.54 Å². The highest BCUT2D eigenvalue weighted by molar-refractivity contribution is 7.17. The number of carbonyl (C=O) groups is 1. The van der Waals surface area contributed by atoms with Crippen molar-refractivity contribution in [3.05, 3.63) is 76.3 Å². The average Bonchev–Trinajstić information content (AvgIpc) is 3.21. The topological polar surface area (TPSA) is 107 Å². The van der Waals surface area contributed by atoms with E-state index >= 15 is 0 Å². The molecule has 2 fully saturated rings. The molecular formula is C29H29FN6O2S. The first kappa shape index (κ1) is 25.5. The lowest BCUT2D eigenvalue weighted by atomic mass is 9.94. The Morgan fingerprint density at radius 1 is 1.10 bits per heavy atom. The number of halogens is 1. The SMILES string of the molecule is Cc1cc(F)ccc1-c1cc(C(C)(C)N)cc(O[C@@H]2[C@@H]3CN(C(=O)c4sc(-c5ncccn5)nc4C)C[C@@H]32)n1. The smallest absolute Gasteiger partial charge is 0.265 e. The monoisotopic (exact) mass is 544 g/mol. The van der Waals surface area contributed by atoms with Gasteiger partial charge in [0.2, 0.25) is 5.88 Å². The van der Waals surface area contributed by atoms with Gasteiger partial charge in [0.1, 0.15) is 16.8 Å². The Morgan fingerprint density at radius 2 is 1.82 bits per heavy atom. The molecule has 2 N–H and O–H groups in total. The largest absolute Gasteiger partial charge is 0.474 e. The molecule has 1 aliphatic heterocycles. The molecule has 1 aliphatic carbocycles. The van der Waals surface area contributed by atoms with Crippen LogP contribution in [0.5, 0.6) is 5.88 Å². The first-order valence-corrected chi connectivity index (χ1v) is 13.7. The summed E-state index contributed by atoms with van der Waals surface area (Å²) in [6.07, 6.45) is 3.31. The van der Waals surface area contributed by atoms with Crippen molar-refractivity contribution in [2.45, 2.75) is 39.3 Å². The molecule has 6 rings (SSSR count). The summed E-state index contributed by atoms with van der Waals surface area (Å²) in [6, 6.07) is 10.2. The number of carbonyl (C=O) groups excluding carboxylic acids is 1. The fourth-order valence-electron chi connectivity index (χ4n) is 5.19. The van der Waals surface area contributed by atoms with Gasteiger partial charge in [-0.05, 0) is 69.2 Å². The number of nitrogens with two attached hydrogens (primary N) is 1. The van der Waals surface area contributed by atoms with Crippen molar-refractivity contribution in [3.8, 4) is 28.0 Å². The molecule has 0 bridgehead atoms. The zero-order valence-corrected chi connectivity index (χ0v) is 23.0. The van der Waals surface area contributed by atoms with Gasteiger partial charge in [-0.15, -0.1) is 11.3 Å². The van der Waals surface area contributed by atoms with Gasteiger partial charge in [0, 0.05) is 54.5 Å². The van der Waals surface area contributed by atoms with Gasteiger partial charge in [-0.1, -0.05) is 0 Å². The number of aryl methyl sites for hydroxylation is 2. The van der Waals surface area contributed by atoms with Crippen molar-refractivity contribution in [1.29, 1.82) is 0 Å². The van der Waals surface area contributed by atoms with Crippen molar-refractivity contribution in [1.82, 2.24) is 24.8 Å². The van der Waals surface area contributed by atoms with Gasteiger partial charge in [0.15, 0.2) is 10.8 Å². The molecule has 4 heterocycles. The summed E-state index contributed by atoms with van der Waals surface area (Å²) in [6.45, 7) is 8.80. The van der Waals surface area contributed by atoms with Gasteiger partial charge in [-0.25, -0.2) is 24.3 Å². The molecule has 1 aromatic carbocycles. The molecule has 200 valence electrons. The van der Waals surface area contributed by atoms with Crippen LogP contribution in [0.2, 0.25) is 0 Å². The van der Waals surface area contributed by atoms with Gasteiger partial charge in [-0.2, -0.15) is 0 Å². The van der Waals surface area contributed by atoms with E-state index in [4.69, 9.17) is 15.5 Å². The van der Waals surface area contributed by atoms with Crippen LogP contribution in [0.15, 0.2) is 48.8 Å². The maximum absolute atomic E-state index is 13.7. The molecule has 3 atom stereocenters. The van der Waals surface area contributed by atoms with Crippen molar-refractivity contribution >= 4 is 17.2 Å². The van der Waals surface area contributed by atoms with Gasteiger partial charge in [0.05, 0.1) is 11.4 Å². The third kappa shape index (κ3) is 4.90. The van der Waals surface area contributed by atoms with Gasteiger partial charge < -0.3 is 15.4 Å². The molecule has 1 amide bonds. The molecular weight excluding hydrogens is 515 g/mol. The molecule has 0 spiro atoms. The van der Waals surface area contributed by atoms with E-state index in [1.807, 2.05) is 44.7 Å². The molecule has 0 unspecified atom stereocenters. The second-order valence-electron chi connectivity index (χ2n) is 10.9. The number of rotatable bonds is 6. The molecule has 2 aliphatic rings. The van der Waals surface area contributed by atoms with Crippen LogP contribution in [-0.4, -0.2) is 49.9 Å². The Labute approximate surface area is 230 Å². The van der Waals surface area contributed by atoms with E-state index in [-0.39, 0.29) is 29.7 Å². The maximum Gasteiger partial charge on any atom is 0.265 e. The van der Waals surface area contributed by atoms with E-state index < -0.39 is 5.54 Å². The van der Waals surface area contributed by atoms with Gasteiger partial charge >= 0.3 is 0 Å². The molecule has 39 heavy (non-hydrogen) atoms. The summed E-state index contributed by atoms with van der Waals surface area (Å²) >= 11 is 1.33. The van der Waals surface area contributed by atoms with Crippen LogP contribution >= 0.6 is 11.3 Å². The lowest BCUT2D eigenvalue weighted by molar-refractivity contribution is 0.0755. The maximum atomic E-state index is 13.7. The van der Waals surface area contributed by atoms with Crippen LogP contribution in [0.4, 0.5) is 4.39 Å². The van der Waals surface area contributed by atoms with Crippen LogP contribution in [0.3, 0.4) is 0 Å². The number of fused-ring (bicyclic) bond motifs is 1. The highest BCUT2D eigenvalue weighted by atomic mass is 32.1. The molecule has 8 nitrogen and oxygen atoms in total. The Morgan fingerprint density at radius 3 is 2.49 bits per heavy atom. The summed E-state index contributed by atoms with van der Waals surface area (Å²) < 4.78 is 20.1. The fraction of sp³-hybridized carbons (Fsp3) is 0.345. The van der Waals surface area contributed by atoms with Crippen molar-refractivity contribution < 1.29 is 13.9 Å². The normalized spacial score (nSPS) is 20.2. The summed E-state index contributed by atoms with van der Waals surface area (Å²) in [5.74, 6) is 1.20. The van der Waals surface area contributed by atoms with Crippen LogP contribution < -0.4 is 10.5 Å². The Balaban J connectivity index is 1.17. The van der Waals surface area contributed by atoms with Crippen molar-refractivity contribution in [2.75, 3.05) is 13.1 Å². The third-order valence-electron chi connectivity index (χ3n) is 7.42. The lowest BCUT2D eigenvalue weighted by Crippen LogP contribution is -2.33. The molecule has 4 aromatic rings. The quantitative estimate of drug-likeness (QED) is 0.373. The molecule has 1 saturated carbocycles. The highest BCUT2D eigenvalue weighted by Gasteiger charge is 2.59. The molecule has 1 saturated heterocycles. The number of piperidine rings is 1. The van der Waals surface area contributed by atoms with Crippen LogP contribution in [0.1, 0.15) is 40.3 Å². The first-order chi connectivity index (χ1) is 18.6. The minimum absolute atomic E-state index is 0.0165. The summed E-state index contributed by atoms with van der Waals surface area (Å²) in [5.41, 5.74) is 9.71. The Hall–Kier alpha value is -3.76. The number of benzene rings is 1. The van der Waals surface area contributed by atoms with E-state index in [1.54, 1.807) is 24.5 Å². The number of amides is 1. The minimum atomic E-state index is -0.609. The van der Waals surface area contributed by atoms with E-state index in [0.717, 1.165) is 16.7 Å². The number of ether oxygens (including phenoxy) is 1. The summed E-state index contributed by atoms with van der Waals surface area (Å²) in [7, 11) is 0. The standard InChI is InChI=1S/C29H29FN6O2S/c1-15-10-18(30)6-7-19(15)22-11-17(29(3,4)31)12-23(35-22)38-24-20-13-36(14-21(20)24)28(37)25-16(2)34-27(39-25)26-32-8-5-9-33-26/h5-12,20-21,24H,13-14,31H2,1-4H3/t20-,21+,24-. The van der Waals surface area contributed by atoms with Crippen LogP contribution in [0.25, 0.3) is 22.1 Å². The fourth-order valence-corrected chi connectivity index (χ4v) is 6.17. The summed E-state index contributed by atoms with van der Waals surface area (Å²) in [4.78, 5) is 33.6. The Kier molecular flexibility index (Phi) is 6.19. The average molecular weight is 545 g/mol. The lowest BCUT2D eigenvalue weighted by Gasteiger charge is -2.22. The predicted molar refractivity (Wildman–Crippen MR) is 147 cm³/mol. The minimum Gasteiger partial charge on any atom is -0.474 e. The number of hydrogen-bond donors (Lipinski definition) is 1. The van der Waals surface area contributed by atoms with Crippen molar-refractivity contribution in [2.24, 2.45) is 17.6 Å². The zero-order valence-electron chi connectivity index (χ0n) is 22.2. The van der Waals surface area contributed by atoms with Gasteiger partial charge in [-0.3, -0.25) is 4.79 Å². The number of thiazole rings is 1. The number of aromatic nitrogens is 4. The van der Waals surface area contributed by atoms with Crippen molar-refractivity contribution in [3.63, 3.8) is 0 Å². The Bertz CT molecular complexity index is 1560. The number of hydrogen-bond acceptors (Lipinski definition) is 8. The number of nitrogens with zero attached hydrogens (tertiary/aromatic N) is 5. The molecule has 0 radical (unpaired) electrons. The molecule has 10 heteroatoms.